The number of nitrogens with zero attached hydrogens (tertiary/aromatic N) is 3. The molecule has 7 heteroatoms. The molecule has 0 spiro atoms. The number of hydrogen-bond donors (Lipinski definition) is 1. The van der Waals surface area contributed by atoms with Gasteiger partial charge in [0.1, 0.15) is 18.4 Å². The van der Waals surface area contributed by atoms with Gasteiger partial charge in [-0.25, -0.2) is 4.79 Å². The van der Waals surface area contributed by atoms with Crippen LogP contribution in [-0.4, -0.2) is 85.2 Å². The molecule has 2 fully saturated rings. The number of ether oxygens (including phenoxy) is 2. The fourth-order valence-electron chi connectivity index (χ4n) is 4.30. The molecule has 3 aliphatic heterocycles. The summed E-state index contributed by atoms with van der Waals surface area (Å²) in [6, 6.07) is 1.12. The number of hydrogen-bond acceptors (Lipinski definition) is 7. The zero-order chi connectivity index (χ0) is 19.0. The highest BCUT2D eigenvalue weighted by atomic mass is 16.5. The third kappa shape index (κ3) is 3.63. The minimum Gasteiger partial charge on any atom is -0.504 e. The average molecular weight is 375 g/mol. The monoisotopic (exact) mass is 375 g/mol. The Morgan fingerprint density at radius 2 is 1.89 bits per heavy atom. The highest BCUT2D eigenvalue weighted by Crippen LogP contribution is 2.48. The Hall–Kier alpha value is -1.83. The van der Waals surface area contributed by atoms with Crippen molar-refractivity contribution in [2.45, 2.75) is 25.8 Å². The molecular formula is C20H29N3O4. The Balaban J connectivity index is 1.54. The second-order valence-electron chi connectivity index (χ2n) is 7.82. The first-order chi connectivity index (χ1) is 13.0. The molecule has 4 rings (SSSR count). The van der Waals surface area contributed by atoms with Gasteiger partial charge in [0, 0.05) is 49.9 Å². The van der Waals surface area contributed by atoms with Gasteiger partial charge in [0.25, 0.3) is 0 Å². The van der Waals surface area contributed by atoms with Crippen molar-refractivity contribution in [1.29, 1.82) is 0 Å². The lowest BCUT2D eigenvalue weighted by molar-refractivity contribution is -0.138. The summed E-state index contributed by atoms with van der Waals surface area (Å²) >= 11 is 0. The van der Waals surface area contributed by atoms with Gasteiger partial charge in [-0.05, 0) is 39.9 Å². The molecule has 7 nitrogen and oxygen atoms in total. The van der Waals surface area contributed by atoms with Crippen LogP contribution in [0.1, 0.15) is 30.0 Å². The Morgan fingerprint density at radius 3 is 2.59 bits per heavy atom. The Kier molecular flexibility index (Phi) is 5.25. The van der Waals surface area contributed by atoms with Gasteiger partial charge in [-0.15, -0.1) is 0 Å². The molecule has 0 aromatic heterocycles. The van der Waals surface area contributed by atoms with Gasteiger partial charge in [0.2, 0.25) is 0 Å². The summed E-state index contributed by atoms with van der Waals surface area (Å²) in [6.07, 6.45) is 2.51. The van der Waals surface area contributed by atoms with Crippen molar-refractivity contribution in [3.8, 4) is 17.2 Å². The van der Waals surface area contributed by atoms with E-state index < -0.39 is 6.04 Å². The van der Waals surface area contributed by atoms with E-state index in [2.05, 4.69) is 21.7 Å². The van der Waals surface area contributed by atoms with Gasteiger partial charge in [0.05, 0.1) is 0 Å². The third-order valence-electron chi connectivity index (χ3n) is 5.98. The van der Waals surface area contributed by atoms with Crippen molar-refractivity contribution in [3.63, 3.8) is 0 Å². The molecule has 1 aromatic carbocycles. The minimum absolute atomic E-state index is 0.0169. The van der Waals surface area contributed by atoms with E-state index in [9.17, 15) is 9.90 Å². The Labute approximate surface area is 160 Å². The molecule has 0 bridgehead atoms. The second kappa shape index (κ2) is 7.66. The number of rotatable bonds is 5. The van der Waals surface area contributed by atoms with Crippen LogP contribution in [0.25, 0.3) is 0 Å². The fraction of sp³-hybridized carbons (Fsp3) is 0.650. The molecule has 3 heterocycles. The summed E-state index contributed by atoms with van der Waals surface area (Å²) in [7, 11) is 2.08. The maximum atomic E-state index is 12.6. The van der Waals surface area contributed by atoms with E-state index in [1.807, 2.05) is 6.92 Å². The highest BCUT2D eigenvalue weighted by Gasteiger charge is 2.42. The summed E-state index contributed by atoms with van der Waals surface area (Å²) in [4.78, 5) is 19.4. The second-order valence-corrected chi connectivity index (χ2v) is 7.82. The largest absolute Gasteiger partial charge is 0.504 e. The summed E-state index contributed by atoms with van der Waals surface area (Å²) in [6.45, 7) is 9.10. The van der Waals surface area contributed by atoms with Crippen molar-refractivity contribution in [2.24, 2.45) is 0 Å². The molecule has 1 unspecified atom stereocenters. The van der Waals surface area contributed by atoms with Gasteiger partial charge in [-0.2, -0.15) is 0 Å². The standard InChI is InChI=1S/C20H29N3O4/c1-14-16(26-12-11-22-5-3-4-6-22)13-15(24)19-17(14)18(20(25)27-19)23-9-7-21(2)8-10-23/h13,18,24H,3-12H2,1-2H3. The number of likely N-dealkylation sites (N-methyl/N-ethyl adjacent to an activating group) is 1. The van der Waals surface area contributed by atoms with E-state index >= 15 is 0 Å². The van der Waals surface area contributed by atoms with Crippen LogP contribution in [0.5, 0.6) is 17.2 Å². The summed E-state index contributed by atoms with van der Waals surface area (Å²) in [5.74, 6) is 0.620. The molecule has 0 radical (unpaired) electrons. The lowest BCUT2D eigenvalue weighted by Crippen LogP contribution is -2.47. The average Bonchev–Trinajstić information content (AvgIpc) is 3.28. The molecule has 1 atom stereocenters. The fourth-order valence-corrected chi connectivity index (χ4v) is 4.30. The first-order valence-electron chi connectivity index (χ1n) is 9.90. The van der Waals surface area contributed by atoms with Gasteiger partial charge in [0.15, 0.2) is 11.5 Å². The van der Waals surface area contributed by atoms with Crippen LogP contribution in [0.4, 0.5) is 0 Å². The zero-order valence-electron chi connectivity index (χ0n) is 16.2. The topological polar surface area (TPSA) is 65.5 Å². The van der Waals surface area contributed by atoms with Crippen molar-refractivity contribution in [1.82, 2.24) is 14.7 Å². The predicted octanol–water partition coefficient (Wildman–Crippen LogP) is 1.38. The lowest BCUT2D eigenvalue weighted by Gasteiger charge is -2.35. The van der Waals surface area contributed by atoms with Gasteiger partial charge in [-0.1, -0.05) is 0 Å². The first-order valence-corrected chi connectivity index (χ1v) is 9.90. The molecule has 2 saturated heterocycles. The van der Waals surface area contributed by atoms with Crippen LogP contribution in [0.3, 0.4) is 0 Å². The molecule has 0 saturated carbocycles. The molecule has 27 heavy (non-hydrogen) atoms. The van der Waals surface area contributed by atoms with Crippen molar-refractivity contribution in [2.75, 3.05) is 59.5 Å². The summed E-state index contributed by atoms with van der Waals surface area (Å²) in [5.41, 5.74) is 1.65. The van der Waals surface area contributed by atoms with Gasteiger partial charge in [-0.3, -0.25) is 9.80 Å². The summed E-state index contributed by atoms with van der Waals surface area (Å²) in [5, 5.41) is 10.4. The number of piperazine rings is 1. The number of likely N-dealkylation sites (tertiary alicyclic amines) is 1. The van der Waals surface area contributed by atoms with Crippen LogP contribution in [-0.2, 0) is 4.79 Å². The van der Waals surface area contributed by atoms with Crippen LogP contribution in [0.15, 0.2) is 6.07 Å². The Bertz CT molecular complexity index is 710. The first kappa shape index (κ1) is 18.5. The van der Waals surface area contributed by atoms with Crippen molar-refractivity contribution >= 4 is 5.97 Å². The number of benzene rings is 1. The maximum absolute atomic E-state index is 12.6. The van der Waals surface area contributed by atoms with E-state index in [1.165, 1.54) is 12.8 Å². The predicted molar refractivity (Wildman–Crippen MR) is 101 cm³/mol. The molecule has 3 aliphatic rings. The number of carbonyl (C=O) groups excluding carboxylic acids is 1. The highest BCUT2D eigenvalue weighted by molar-refractivity contribution is 5.88. The smallest absolute Gasteiger partial charge is 0.333 e. The number of fused-ring (bicyclic) bond motifs is 1. The molecule has 1 N–H and O–H groups in total. The number of phenolic OH excluding ortho intramolecular Hbond substituents is 1. The normalized spacial score (nSPS) is 24.2. The SMILES string of the molecule is Cc1c(OCCN2CCCC2)cc(O)c2c1C(N1CCN(C)CC1)C(=O)O2. The van der Waals surface area contributed by atoms with Crippen molar-refractivity contribution < 1.29 is 19.4 Å². The van der Waals surface area contributed by atoms with E-state index in [1.54, 1.807) is 6.07 Å². The quantitative estimate of drug-likeness (QED) is 0.616. The van der Waals surface area contributed by atoms with E-state index in [4.69, 9.17) is 9.47 Å². The minimum atomic E-state index is -0.457. The van der Waals surface area contributed by atoms with Gasteiger partial charge >= 0.3 is 5.97 Å². The number of esters is 1. The number of aromatic hydroxyl groups is 1. The van der Waals surface area contributed by atoms with E-state index in [-0.39, 0.29) is 11.7 Å². The van der Waals surface area contributed by atoms with E-state index in [0.29, 0.717) is 18.1 Å². The van der Waals surface area contributed by atoms with Crippen LogP contribution in [0, 0.1) is 6.92 Å². The molecular weight excluding hydrogens is 346 g/mol. The molecule has 0 amide bonds. The lowest BCUT2D eigenvalue weighted by atomic mass is 9.98. The molecule has 0 aliphatic carbocycles. The van der Waals surface area contributed by atoms with E-state index in [0.717, 1.165) is 56.9 Å². The maximum Gasteiger partial charge on any atom is 0.333 e. The van der Waals surface area contributed by atoms with Crippen LogP contribution >= 0.6 is 0 Å². The van der Waals surface area contributed by atoms with Crippen LogP contribution in [0.2, 0.25) is 0 Å². The third-order valence-corrected chi connectivity index (χ3v) is 5.98. The number of phenols is 1. The Morgan fingerprint density at radius 1 is 1.19 bits per heavy atom. The van der Waals surface area contributed by atoms with Crippen LogP contribution < -0.4 is 9.47 Å². The summed E-state index contributed by atoms with van der Waals surface area (Å²) < 4.78 is 11.4. The van der Waals surface area contributed by atoms with Gasteiger partial charge < -0.3 is 19.5 Å². The zero-order valence-corrected chi connectivity index (χ0v) is 16.2. The molecule has 1 aromatic rings. The number of carbonyl (C=O) groups is 1. The van der Waals surface area contributed by atoms with Crippen molar-refractivity contribution in [3.05, 3.63) is 17.2 Å². The molecule has 148 valence electrons.